The van der Waals surface area contributed by atoms with Crippen LogP contribution in [0.15, 0.2) is 10.7 Å². The molecule has 1 rings (SSSR count). The molecule has 3 nitrogen and oxygen atoms in total. The van der Waals surface area contributed by atoms with Gasteiger partial charge in [0.05, 0.1) is 16.4 Å². The molecule has 1 N–H and O–H groups in total. The van der Waals surface area contributed by atoms with Gasteiger partial charge in [-0.1, -0.05) is 20.8 Å². The van der Waals surface area contributed by atoms with Gasteiger partial charge in [0.25, 0.3) is 0 Å². The zero-order chi connectivity index (χ0) is 13.8. The Morgan fingerprint density at radius 3 is 2.61 bits per heavy atom. The van der Waals surface area contributed by atoms with E-state index in [1.165, 1.54) is 12.1 Å². The van der Waals surface area contributed by atoms with E-state index >= 15 is 0 Å². The van der Waals surface area contributed by atoms with Gasteiger partial charge in [0, 0.05) is 11.5 Å². The predicted molar refractivity (Wildman–Crippen MR) is 81.1 cm³/mol. The molecule has 104 valence electrons. The first-order valence-corrected chi connectivity index (χ1v) is 7.63. The van der Waals surface area contributed by atoms with Crippen molar-refractivity contribution in [1.82, 2.24) is 15.1 Å². The average molecular weight is 316 g/mol. The maximum Gasteiger partial charge on any atom is 0.0635 e. The molecule has 1 aromatic heterocycles. The van der Waals surface area contributed by atoms with Crippen molar-refractivity contribution in [2.24, 2.45) is 0 Å². The van der Waals surface area contributed by atoms with Crippen molar-refractivity contribution < 1.29 is 0 Å². The zero-order valence-electron chi connectivity index (χ0n) is 12.3. The van der Waals surface area contributed by atoms with Crippen molar-refractivity contribution in [2.45, 2.75) is 58.9 Å². The molecule has 0 spiro atoms. The molecule has 4 heteroatoms. The second kappa shape index (κ2) is 6.71. The monoisotopic (exact) mass is 315 g/mol. The molecule has 0 bridgehead atoms. The summed E-state index contributed by atoms with van der Waals surface area (Å²) < 4.78 is 3.25. The van der Waals surface area contributed by atoms with Crippen LogP contribution in [0.4, 0.5) is 0 Å². The third-order valence-electron chi connectivity index (χ3n) is 3.23. The summed E-state index contributed by atoms with van der Waals surface area (Å²) in [6.45, 7) is 13.3. The van der Waals surface area contributed by atoms with E-state index in [4.69, 9.17) is 0 Å². The fourth-order valence-corrected chi connectivity index (χ4v) is 3.00. The minimum absolute atomic E-state index is 0.125. The summed E-state index contributed by atoms with van der Waals surface area (Å²) in [5, 5.41) is 7.95. The molecule has 0 saturated heterocycles. The van der Waals surface area contributed by atoms with Crippen LogP contribution in [0.2, 0.25) is 0 Å². The van der Waals surface area contributed by atoms with E-state index in [-0.39, 0.29) is 5.41 Å². The number of halogens is 1. The van der Waals surface area contributed by atoms with Gasteiger partial charge >= 0.3 is 0 Å². The highest BCUT2D eigenvalue weighted by atomic mass is 79.9. The molecular weight excluding hydrogens is 290 g/mol. The zero-order valence-corrected chi connectivity index (χ0v) is 13.8. The van der Waals surface area contributed by atoms with Crippen molar-refractivity contribution in [3.05, 3.63) is 16.4 Å². The number of aromatic nitrogens is 2. The van der Waals surface area contributed by atoms with Gasteiger partial charge in [0.2, 0.25) is 0 Å². The Kier molecular flexibility index (Phi) is 5.86. The molecule has 0 aliphatic carbocycles. The molecule has 0 saturated carbocycles. The summed E-state index contributed by atoms with van der Waals surface area (Å²) >= 11 is 3.64. The molecule has 0 fully saturated rings. The van der Waals surface area contributed by atoms with Crippen molar-refractivity contribution in [3.8, 4) is 0 Å². The highest BCUT2D eigenvalue weighted by Crippen LogP contribution is 2.34. The van der Waals surface area contributed by atoms with Crippen LogP contribution in [0.3, 0.4) is 0 Å². The number of rotatable bonds is 7. The standard InChI is InChI=1S/C14H26BrN3/c1-6-8-16-9-7-14(4,5)13-12(15)10-17-18(13)11(2)3/h10-11,16H,6-9H2,1-5H3. The Morgan fingerprint density at radius 2 is 2.06 bits per heavy atom. The number of nitrogens with one attached hydrogen (secondary N) is 1. The minimum atomic E-state index is 0.125. The molecule has 0 unspecified atom stereocenters. The van der Waals surface area contributed by atoms with Crippen LogP contribution in [0.5, 0.6) is 0 Å². The second-order valence-electron chi connectivity index (χ2n) is 5.76. The van der Waals surface area contributed by atoms with E-state index in [0.717, 1.165) is 24.0 Å². The lowest BCUT2D eigenvalue weighted by molar-refractivity contribution is 0.392. The lowest BCUT2D eigenvalue weighted by atomic mass is 9.85. The molecule has 1 heterocycles. The van der Waals surface area contributed by atoms with Crippen molar-refractivity contribution in [2.75, 3.05) is 13.1 Å². The van der Waals surface area contributed by atoms with Crippen LogP contribution < -0.4 is 5.32 Å². The lowest BCUT2D eigenvalue weighted by Crippen LogP contribution is -2.29. The Morgan fingerprint density at radius 1 is 1.39 bits per heavy atom. The summed E-state index contributed by atoms with van der Waals surface area (Å²) in [4.78, 5) is 0. The molecule has 0 amide bonds. The van der Waals surface area contributed by atoms with Crippen molar-refractivity contribution in [1.29, 1.82) is 0 Å². The minimum Gasteiger partial charge on any atom is -0.317 e. The summed E-state index contributed by atoms with van der Waals surface area (Å²) in [6, 6.07) is 0.397. The van der Waals surface area contributed by atoms with Crippen LogP contribution in [-0.4, -0.2) is 22.9 Å². The van der Waals surface area contributed by atoms with Gasteiger partial charge in [-0.25, -0.2) is 0 Å². The van der Waals surface area contributed by atoms with Gasteiger partial charge in [-0.15, -0.1) is 0 Å². The first kappa shape index (κ1) is 15.7. The molecule has 1 aromatic rings. The van der Waals surface area contributed by atoms with Crippen LogP contribution in [0.1, 0.15) is 59.2 Å². The topological polar surface area (TPSA) is 29.9 Å². The highest BCUT2D eigenvalue weighted by molar-refractivity contribution is 9.10. The highest BCUT2D eigenvalue weighted by Gasteiger charge is 2.28. The third kappa shape index (κ3) is 3.82. The van der Waals surface area contributed by atoms with E-state index in [2.05, 4.69) is 65.6 Å². The molecule has 18 heavy (non-hydrogen) atoms. The first-order chi connectivity index (χ1) is 8.40. The van der Waals surface area contributed by atoms with E-state index in [0.29, 0.717) is 6.04 Å². The van der Waals surface area contributed by atoms with Crippen LogP contribution in [0.25, 0.3) is 0 Å². The average Bonchev–Trinajstić information content (AvgIpc) is 2.67. The van der Waals surface area contributed by atoms with Crippen molar-refractivity contribution >= 4 is 15.9 Å². The SMILES string of the molecule is CCCNCCC(C)(C)c1c(Br)cnn1C(C)C. The van der Waals surface area contributed by atoms with Gasteiger partial charge in [0.15, 0.2) is 0 Å². The normalized spacial score (nSPS) is 12.4. The fraction of sp³-hybridized carbons (Fsp3) is 0.786. The van der Waals surface area contributed by atoms with Gasteiger partial charge < -0.3 is 5.32 Å². The third-order valence-corrected chi connectivity index (χ3v) is 3.81. The summed E-state index contributed by atoms with van der Waals surface area (Å²) in [5.74, 6) is 0. The van der Waals surface area contributed by atoms with Crippen LogP contribution >= 0.6 is 15.9 Å². The van der Waals surface area contributed by atoms with Crippen molar-refractivity contribution in [3.63, 3.8) is 0 Å². The maximum absolute atomic E-state index is 4.48. The van der Waals surface area contributed by atoms with Crippen LogP contribution in [0, 0.1) is 0 Å². The molecule has 0 atom stereocenters. The lowest BCUT2D eigenvalue weighted by Gasteiger charge is -2.28. The summed E-state index contributed by atoms with van der Waals surface area (Å²) in [7, 11) is 0. The largest absolute Gasteiger partial charge is 0.317 e. The Bertz CT molecular complexity index is 369. The van der Waals surface area contributed by atoms with E-state index in [1.807, 2.05) is 6.20 Å². The Labute approximate surface area is 119 Å². The van der Waals surface area contributed by atoms with E-state index in [9.17, 15) is 0 Å². The molecule has 0 aromatic carbocycles. The van der Waals surface area contributed by atoms with E-state index < -0.39 is 0 Å². The number of hydrogen-bond donors (Lipinski definition) is 1. The van der Waals surface area contributed by atoms with Gasteiger partial charge in [-0.2, -0.15) is 5.10 Å². The van der Waals surface area contributed by atoms with Crippen LogP contribution in [-0.2, 0) is 5.41 Å². The Balaban J connectivity index is 2.80. The maximum atomic E-state index is 4.48. The predicted octanol–water partition coefficient (Wildman–Crippen LogP) is 3.89. The quantitative estimate of drug-likeness (QED) is 0.773. The summed E-state index contributed by atoms with van der Waals surface area (Å²) in [5.41, 5.74) is 1.43. The molecule has 0 aliphatic heterocycles. The smallest absolute Gasteiger partial charge is 0.0635 e. The molecule has 0 radical (unpaired) electrons. The molecule has 0 aliphatic rings. The molecular formula is C14H26BrN3. The summed E-state index contributed by atoms with van der Waals surface area (Å²) in [6.07, 6.45) is 4.22. The Hall–Kier alpha value is -0.350. The van der Waals surface area contributed by atoms with Gasteiger partial charge in [-0.05, 0) is 55.7 Å². The second-order valence-corrected chi connectivity index (χ2v) is 6.62. The first-order valence-electron chi connectivity index (χ1n) is 6.84. The van der Waals surface area contributed by atoms with E-state index in [1.54, 1.807) is 0 Å². The number of hydrogen-bond acceptors (Lipinski definition) is 2. The number of nitrogens with zero attached hydrogens (tertiary/aromatic N) is 2. The van der Waals surface area contributed by atoms with Gasteiger partial charge in [0.1, 0.15) is 0 Å². The van der Waals surface area contributed by atoms with Gasteiger partial charge in [-0.3, -0.25) is 4.68 Å². The fourth-order valence-electron chi connectivity index (χ4n) is 2.19.